The van der Waals surface area contributed by atoms with Crippen LogP contribution in [-0.4, -0.2) is 35.1 Å². The summed E-state index contributed by atoms with van der Waals surface area (Å²) in [5, 5.41) is 3.45. The fourth-order valence-corrected chi connectivity index (χ4v) is 3.85. The van der Waals surface area contributed by atoms with Crippen LogP contribution in [0.3, 0.4) is 0 Å². The Kier molecular flexibility index (Phi) is 8.67. The summed E-state index contributed by atoms with van der Waals surface area (Å²) >= 11 is 10.8. The van der Waals surface area contributed by atoms with Gasteiger partial charge in [-0.3, -0.25) is 9.59 Å². The summed E-state index contributed by atoms with van der Waals surface area (Å²) < 4.78 is 0.939. The number of nitrogens with zero attached hydrogens (tertiary/aromatic N) is 1. The Balaban J connectivity index is 2.12. The molecule has 2 rings (SSSR count). The summed E-state index contributed by atoms with van der Waals surface area (Å²) in [6, 6.07) is 14.6. The van der Waals surface area contributed by atoms with Crippen LogP contribution in [0.15, 0.2) is 57.9 Å². The van der Waals surface area contributed by atoms with E-state index < -0.39 is 6.04 Å². The summed E-state index contributed by atoms with van der Waals surface area (Å²) in [5.41, 5.74) is 0.963. The number of nitrogens with one attached hydrogen (secondary N) is 1. The molecular weight excluding hydrogens is 448 g/mol. The first kappa shape index (κ1) is 21.8. The zero-order valence-corrected chi connectivity index (χ0v) is 18.4. The Morgan fingerprint density at radius 2 is 1.93 bits per heavy atom. The standard InChI is InChI=1S/C20H22BrClN2O2S/c1-3-23-20(26)14(2)24(12-15-5-4-6-16(21)11-15)19(25)13-27-18-9-7-17(22)8-10-18/h4-11,14H,3,12-13H2,1-2H3,(H,23,26)/t14-/m1/s1. The zero-order valence-electron chi connectivity index (χ0n) is 15.2. The second-order valence-corrected chi connectivity index (χ2v) is 8.37. The third-order valence-electron chi connectivity index (χ3n) is 3.94. The Labute approximate surface area is 177 Å². The van der Waals surface area contributed by atoms with Crippen molar-refractivity contribution in [2.45, 2.75) is 31.3 Å². The number of thioether (sulfide) groups is 1. The van der Waals surface area contributed by atoms with E-state index in [0.717, 1.165) is 14.9 Å². The highest BCUT2D eigenvalue weighted by Gasteiger charge is 2.25. The van der Waals surface area contributed by atoms with Gasteiger partial charge in [-0.2, -0.15) is 0 Å². The molecule has 1 N–H and O–H groups in total. The highest BCUT2D eigenvalue weighted by Crippen LogP contribution is 2.22. The van der Waals surface area contributed by atoms with E-state index >= 15 is 0 Å². The minimum Gasteiger partial charge on any atom is -0.355 e. The van der Waals surface area contributed by atoms with E-state index in [-0.39, 0.29) is 17.6 Å². The number of benzene rings is 2. The number of likely N-dealkylation sites (N-methyl/N-ethyl adjacent to an activating group) is 1. The number of hydrogen-bond acceptors (Lipinski definition) is 3. The third-order valence-corrected chi connectivity index (χ3v) is 5.68. The van der Waals surface area contributed by atoms with Crippen LogP contribution in [0.1, 0.15) is 19.4 Å². The largest absolute Gasteiger partial charge is 0.355 e. The van der Waals surface area contributed by atoms with Gasteiger partial charge in [-0.05, 0) is 55.8 Å². The van der Waals surface area contributed by atoms with Crippen LogP contribution in [0.4, 0.5) is 0 Å². The number of carbonyl (C=O) groups excluding carboxylic acids is 2. The quantitative estimate of drug-likeness (QED) is 0.568. The summed E-state index contributed by atoms with van der Waals surface area (Å²) in [5.74, 6) is 0.00496. The third kappa shape index (κ3) is 6.87. The van der Waals surface area contributed by atoms with E-state index in [4.69, 9.17) is 11.6 Å². The number of carbonyl (C=O) groups is 2. The van der Waals surface area contributed by atoms with Gasteiger partial charge in [0.2, 0.25) is 11.8 Å². The molecule has 0 spiro atoms. The monoisotopic (exact) mass is 468 g/mol. The minimum atomic E-state index is -0.553. The molecule has 2 aromatic carbocycles. The first-order chi connectivity index (χ1) is 12.9. The Hall–Kier alpha value is -1.50. The first-order valence-electron chi connectivity index (χ1n) is 8.60. The molecule has 1 atom stereocenters. The SMILES string of the molecule is CCNC(=O)[C@@H](C)N(Cc1cccc(Br)c1)C(=O)CSc1ccc(Cl)cc1. The first-order valence-corrected chi connectivity index (χ1v) is 10.8. The van der Waals surface area contributed by atoms with Gasteiger partial charge in [0.1, 0.15) is 6.04 Å². The molecule has 0 aliphatic rings. The molecule has 27 heavy (non-hydrogen) atoms. The van der Waals surface area contributed by atoms with E-state index in [1.807, 2.05) is 43.3 Å². The molecule has 2 amide bonds. The average Bonchev–Trinajstić information content (AvgIpc) is 2.65. The number of halogens is 2. The van der Waals surface area contributed by atoms with Crippen LogP contribution < -0.4 is 5.32 Å². The Bertz CT molecular complexity index is 786. The number of amides is 2. The molecule has 0 heterocycles. The van der Waals surface area contributed by atoms with Gasteiger partial charge in [0.25, 0.3) is 0 Å². The fraction of sp³-hybridized carbons (Fsp3) is 0.300. The summed E-state index contributed by atoms with van der Waals surface area (Å²) in [7, 11) is 0. The van der Waals surface area contributed by atoms with Crippen LogP contribution in [0.25, 0.3) is 0 Å². The normalized spacial score (nSPS) is 11.7. The van der Waals surface area contributed by atoms with Crippen LogP contribution in [0.5, 0.6) is 0 Å². The van der Waals surface area contributed by atoms with Gasteiger partial charge in [-0.15, -0.1) is 11.8 Å². The van der Waals surface area contributed by atoms with Crippen molar-refractivity contribution in [1.82, 2.24) is 10.2 Å². The molecule has 0 aliphatic heterocycles. The van der Waals surface area contributed by atoms with Crippen LogP contribution >= 0.6 is 39.3 Å². The molecule has 7 heteroatoms. The maximum Gasteiger partial charge on any atom is 0.242 e. The van der Waals surface area contributed by atoms with Crippen molar-refractivity contribution in [1.29, 1.82) is 0 Å². The fourth-order valence-electron chi connectivity index (χ4n) is 2.50. The second-order valence-electron chi connectivity index (χ2n) is 5.96. The predicted octanol–water partition coefficient (Wildman–Crippen LogP) is 4.75. The topological polar surface area (TPSA) is 49.4 Å². The molecule has 0 bridgehead atoms. The summed E-state index contributed by atoms with van der Waals surface area (Å²) in [6.07, 6.45) is 0. The van der Waals surface area contributed by atoms with Gasteiger partial charge in [0.15, 0.2) is 0 Å². The zero-order chi connectivity index (χ0) is 19.8. The van der Waals surface area contributed by atoms with Gasteiger partial charge in [-0.1, -0.05) is 39.7 Å². The molecule has 0 aliphatic carbocycles. The smallest absolute Gasteiger partial charge is 0.242 e. The van der Waals surface area contributed by atoms with Crippen molar-refractivity contribution >= 4 is 51.1 Å². The van der Waals surface area contributed by atoms with Gasteiger partial charge in [0.05, 0.1) is 5.75 Å². The lowest BCUT2D eigenvalue weighted by Gasteiger charge is -2.28. The predicted molar refractivity (Wildman–Crippen MR) is 115 cm³/mol. The molecule has 2 aromatic rings. The van der Waals surface area contributed by atoms with Gasteiger partial charge in [-0.25, -0.2) is 0 Å². The van der Waals surface area contributed by atoms with Crippen molar-refractivity contribution in [2.24, 2.45) is 0 Å². The van der Waals surface area contributed by atoms with Gasteiger partial charge in [0, 0.05) is 27.5 Å². The van der Waals surface area contributed by atoms with Crippen molar-refractivity contribution in [3.05, 3.63) is 63.6 Å². The highest BCUT2D eigenvalue weighted by atomic mass is 79.9. The molecule has 4 nitrogen and oxygen atoms in total. The molecule has 0 saturated carbocycles. The molecule has 0 radical (unpaired) electrons. The maximum absolute atomic E-state index is 12.9. The number of rotatable bonds is 8. The lowest BCUT2D eigenvalue weighted by molar-refractivity contribution is -0.138. The lowest BCUT2D eigenvalue weighted by Crippen LogP contribution is -2.48. The lowest BCUT2D eigenvalue weighted by atomic mass is 10.1. The van der Waals surface area contributed by atoms with Gasteiger partial charge >= 0.3 is 0 Å². The van der Waals surface area contributed by atoms with E-state index in [0.29, 0.717) is 18.1 Å². The van der Waals surface area contributed by atoms with Crippen LogP contribution in [-0.2, 0) is 16.1 Å². The molecule has 0 fully saturated rings. The van der Waals surface area contributed by atoms with E-state index in [1.54, 1.807) is 24.0 Å². The van der Waals surface area contributed by atoms with Crippen molar-refractivity contribution in [2.75, 3.05) is 12.3 Å². The number of hydrogen-bond donors (Lipinski definition) is 1. The molecule has 0 unspecified atom stereocenters. The van der Waals surface area contributed by atoms with Crippen molar-refractivity contribution < 1.29 is 9.59 Å². The maximum atomic E-state index is 12.9. The minimum absolute atomic E-state index is 0.0892. The highest BCUT2D eigenvalue weighted by molar-refractivity contribution is 9.10. The molecule has 0 aromatic heterocycles. The van der Waals surface area contributed by atoms with E-state index in [1.165, 1.54) is 11.8 Å². The molecule has 144 valence electrons. The van der Waals surface area contributed by atoms with Crippen LogP contribution in [0.2, 0.25) is 5.02 Å². The molecule has 0 saturated heterocycles. The Morgan fingerprint density at radius 3 is 2.56 bits per heavy atom. The average molecular weight is 470 g/mol. The van der Waals surface area contributed by atoms with E-state index in [2.05, 4.69) is 21.2 Å². The van der Waals surface area contributed by atoms with Gasteiger partial charge < -0.3 is 10.2 Å². The second kappa shape index (κ2) is 10.7. The Morgan fingerprint density at radius 1 is 1.22 bits per heavy atom. The summed E-state index contributed by atoms with van der Waals surface area (Å²) in [4.78, 5) is 27.8. The van der Waals surface area contributed by atoms with E-state index in [9.17, 15) is 9.59 Å². The van der Waals surface area contributed by atoms with Crippen molar-refractivity contribution in [3.63, 3.8) is 0 Å². The molecular formula is C20H22BrClN2O2S. The van der Waals surface area contributed by atoms with Crippen LogP contribution in [0, 0.1) is 0 Å². The summed E-state index contributed by atoms with van der Waals surface area (Å²) in [6.45, 7) is 4.52. The van der Waals surface area contributed by atoms with Crippen molar-refractivity contribution in [3.8, 4) is 0 Å².